The van der Waals surface area contributed by atoms with Crippen molar-refractivity contribution in [1.82, 2.24) is 9.97 Å². The van der Waals surface area contributed by atoms with Crippen LogP contribution in [-0.2, 0) is 16.0 Å². The van der Waals surface area contributed by atoms with Crippen LogP contribution in [0.3, 0.4) is 0 Å². The van der Waals surface area contributed by atoms with Crippen LogP contribution in [0.1, 0.15) is 28.5 Å². The van der Waals surface area contributed by atoms with E-state index in [-0.39, 0.29) is 30.2 Å². The second-order valence-corrected chi connectivity index (χ2v) is 6.87. The third-order valence-electron chi connectivity index (χ3n) is 4.03. The summed E-state index contributed by atoms with van der Waals surface area (Å²) in [6, 6.07) is 4.93. The van der Waals surface area contributed by atoms with Crippen molar-refractivity contribution in [3.63, 3.8) is 0 Å². The average Bonchev–Trinajstić information content (AvgIpc) is 3.26. The Morgan fingerprint density at radius 1 is 1.31 bits per heavy atom. The summed E-state index contributed by atoms with van der Waals surface area (Å²) < 4.78 is 15.6. The Labute approximate surface area is 153 Å². The number of benzene rings is 1. The number of thioether (sulfide) groups is 1. The number of carbonyl (C=O) groups excluding carboxylic acids is 2. The molecule has 0 saturated carbocycles. The number of fused-ring (bicyclic) bond motifs is 2. The van der Waals surface area contributed by atoms with E-state index >= 15 is 0 Å². The number of anilines is 1. The summed E-state index contributed by atoms with van der Waals surface area (Å²) in [5.74, 6) is 0.444. The standard InChI is InChI=1S/C17H15N3O5S/c1-2-23-16(22)12-6-9-13(19-17(18)20-15(9)26-12)14(21)8-3-4-10-11(5-8)25-7-24-10/h3-5,12H,2,6-7H2,1H3,(H2,18,19,20). The molecule has 134 valence electrons. The quantitative estimate of drug-likeness (QED) is 0.485. The maximum Gasteiger partial charge on any atom is 0.319 e. The number of ether oxygens (including phenoxy) is 3. The number of nitrogens with zero attached hydrogens (tertiary/aromatic N) is 2. The van der Waals surface area contributed by atoms with Crippen molar-refractivity contribution < 1.29 is 23.8 Å². The van der Waals surface area contributed by atoms with E-state index in [0.717, 1.165) is 0 Å². The van der Waals surface area contributed by atoms with Gasteiger partial charge < -0.3 is 19.9 Å². The van der Waals surface area contributed by atoms with Gasteiger partial charge in [-0.1, -0.05) is 11.8 Å². The third kappa shape index (κ3) is 2.84. The zero-order chi connectivity index (χ0) is 18.3. The van der Waals surface area contributed by atoms with Crippen molar-refractivity contribution in [3.05, 3.63) is 35.0 Å². The van der Waals surface area contributed by atoms with E-state index in [1.54, 1.807) is 25.1 Å². The van der Waals surface area contributed by atoms with Crippen molar-refractivity contribution in [2.45, 2.75) is 23.6 Å². The Bertz CT molecular complexity index is 918. The molecule has 0 saturated heterocycles. The molecule has 0 bridgehead atoms. The summed E-state index contributed by atoms with van der Waals surface area (Å²) in [5.41, 5.74) is 6.99. The third-order valence-corrected chi connectivity index (χ3v) is 5.23. The fraction of sp³-hybridized carbons (Fsp3) is 0.294. The molecule has 4 rings (SSSR count). The SMILES string of the molecule is CCOC(=O)C1Cc2c(nc(N)nc2C(=O)c2ccc3c(c2)OCO3)S1. The summed E-state index contributed by atoms with van der Waals surface area (Å²) >= 11 is 1.24. The fourth-order valence-corrected chi connectivity index (χ4v) is 4.00. The number of hydrogen-bond donors (Lipinski definition) is 1. The van der Waals surface area contributed by atoms with Crippen molar-refractivity contribution in [3.8, 4) is 11.5 Å². The van der Waals surface area contributed by atoms with Gasteiger partial charge in [-0.15, -0.1) is 0 Å². The second-order valence-electron chi connectivity index (χ2n) is 5.67. The van der Waals surface area contributed by atoms with E-state index in [4.69, 9.17) is 19.9 Å². The predicted octanol–water partition coefficient (Wildman–Crippen LogP) is 1.60. The van der Waals surface area contributed by atoms with E-state index in [0.29, 0.717) is 40.7 Å². The van der Waals surface area contributed by atoms with Gasteiger partial charge in [-0.3, -0.25) is 9.59 Å². The summed E-state index contributed by atoms with van der Waals surface area (Å²) in [5, 5.41) is 0.0870. The Hall–Kier alpha value is -2.81. The van der Waals surface area contributed by atoms with Crippen molar-refractivity contribution in [2.75, 3.05) is 19.1 Å². The molecule has 1 aromatic heterocycles. The van der Waals surface area contributed by atoms with Crippen molar-refractivity contribution in [2.24, 2.45) is 0 Å². The molecule has 3 heterocycles. The number of rotatable bonds is 4. The topological polar surface area (TPSA) is 114 Å². The van der Waals surface area contributed by atoms with E-state index in [2.05, 4.69) is 9.97 Å². The van der Waals surface area contributed by atoms with Gasteiger partial charge in [0.1, 0.15) is 16.0 Å². The lowest BCUT2D eigenvalue weighted by molar-refractivity contribution is -0.142. The second kappa shape index (κ2) is 6.49. The molecular formula is C17H15N3O5S. The van der Waals surface area contributed by atoms with Gasteiger partial charge in [-0.2, -0.15) is 0 Å². The van der Waals surface area contributed by atoms with Gasteiger partial charge >= 0.3 is 5.97 Å². The molecular weight excluding hydrogens is 358 g/mol. The van der Waals surface area contributed by atoms with Gasteiger partial charge in [0.25, 0.3) is 0 Å². The highest BCUT2D eigenvalue weighted by Crippen LogP contribution is 2.39. The molecule has 2 aromatic rings. The highest BCUT2D eigenvalue weighted by Gasteiger charge is 2.35. The Balaban J connectivity index is 1.68. The number of hydrogen-bond acceptors (Lipinski definition) is 9. The monoisotopic (exact) mass is 373 g/mol. The molecule has 26 heavy (non-hydrogen) atoms. The van der Waals surface area contributed by atoms with Crippen LogP contribution in [0.25, 0.3) is 0 Å². The summed E-state index contributed by atoms with van der Waals surface area (Å²) in [6.45, 7) is 2.17. The smallest absolute Gasteiger partial charge is 0.319 e. The lowest BCUT2D eigenvalue weighted by Gasteiger charge is -2.08. The zero-order valence-electron chi connectivity index (χ0n) is 13.9. The molecule has 8 nitrogen and oxygen atoms in total. The van der Waals surface area contributed by atoms with Gasteiger partial charge in [-0.25, -0.2) is 9.97 Å². The van der Waals surface area contributed by atoms with Gasteiger partial charge in [0.15, 0.2) is 11.5 Å². The summed E-state index contributed by atoms with van der Waals surface area (Å²) in [7, 11) is 0. The van der Waals surface area contributed by atoms with E-state index in [1.165, 1.54) is 11.8 Å². The molecule has 1 aromatic carbocycles. The van der Waals surface area contributed by atoms with Crippen molar-refractivity contribution in [1.29, 1.82) is 0 Å². The first-order chi connectivity index (χ1) is 12.6. The maximum atomic E-state index is 13.0. The highest BCUT2D eigenvalue weighted by molar-refractivity contribution is 8.00. The number of aromatic nitrogens is 2. The van der Waals surface area contributed by atoms with E-state index in [9.17, 15) is 9.59 Å². The molecule has 2 aliphatic heterocycles. The van der Waals surface area contributed by atoms with Crippen LogP contribution in [0.2, 0.25) is 0 Å². The molecule has 9 heteroatoms. The first-order valence-electron chi connectivity index (χ1n) is 8.01. The van der Waals surface area contributed by atoms with Crippen LogP contribution in [0.4, 0.5) is 5.95 Å². The molecule has 0 aliphatic carbocycles. The van der Waals surface area contributed by atoms with Crippen LogP contribution in [0, 0.1) is 0 Å². The largest absolute Gasteiger partial charge is 0.465 e. The number of carbonyl (C=O) groups is 2. The molecule has 0 spiro atoms. The minimum Gasteiger partial charge on any atom is -0.465 e. The molecule has 1 atom stereocenters. The van der Waals surface area contributed by atoms with Gasteiger partial charge in [0.2, 0.25) is 18.5 Å². The molecule has 1 unspecified atom stereocenters. The normalized spacial score (nSPS) is 17.0. The lowest BCUT2D eigenvalue weighted by atomic mass is 10.0. The van der Waals surface area contributed by atoms with Crippen molar-refractivity contribution >= 4 is 29.5 Å². The Kier molecular flexibility index (Phi) is 4.15. The number of ketones is 1. The molecule has 2 aliphatic rings. The summed E-state index contributed by atoms with van der Waals surface area (Å²) in [4.78, 5) is 33.3. The van der Waals surface area contributed by atoms with E-state index in [1.807, 2.05) is 0 Å². The molecule has 0 fully saturated rings. The first kappa shape index (κ1) is 16.6. The van der Waals surface area contributed by atoms with Gasteiger partial charge in [0, 0.05) is 17.5 Å². The predicted molar refractivity (Wildman–Crippen MR) is 92.4 cm³/mol. The first-order valence-corrected chi connectivity index (χ1v) is 8.88. The van der Waals surface area contributed by atoms with Crippen LogP contribution in [0.15, 0.2) is 23.2 Å². The zero-order valence-corrected chi connectivity index (χ0v) is 14.7. The Morgan fingerprint density at radius 3 is 2.92 bits per heavy atom. The number of nitrogen functional groups attached to an aromatic ring is 1. The highest BCUT2D eigenvalue weighted by atomic mass is 32.2. The van der Waals surface area contributed by atoms with Crippen LogP contribution in [0.5, 0.6) is 11.5 Å². The maximum absolute atomic E-state index is 13.0. The van der Waals surface area contributed by atoms with E-state index < -0.39 is 5.25 Å². The molecule has 0 amide bonds. The van der Waals surface area contributed by atoms with Gasteiger partial charge in [0.05, 0.1) is 6.61 Å². The lowest BCUT2D eigenvalue weighted by Crippen LogP contribution is -2.20. The minimum absolute atomic E-state index is 0.00940. The molecule has 2 N–H and O–H groups in total. The molecule has 0 radical (unpaired) electrons. The summed E-state index contributed by atoms with van der Waals surface area (Å²) in [6.07, 6.45) is 0.324. The average molecular weight is 373 g/mol. The van der Waals surface area contributed by atoms with Crippen LogP contribution >= 0.6 is 11.8 Å². The minimum atomic E-state index is -0.454. The van der Waals surface area contributed by atoms with Crippen LogP contribution in [-0.4, -0.2) is 40.4 Å². The van der Waals surface area contributed by atoms with Crippen LogP contribution < -0.4 is 15.2 Å². The fourth-order valence-electron chi connectivity index (χ4n) is 2.85. The number of esters is 1. The Morgan fingerprint density at radius 2 is 2.12 bits per heavy atom. The number of nitrogens with two attached hydrogens (primary N) is 1. The van der Waals surface area contributed by atoms with Gasteiger partial charge in [-0.05, 0) is 25.1 Å².